The number of rotatable bonds is 3. The van der Waals surface area contributed by atoms with Crippen LogP contribution in [0.15, 0.2) is 4.60 Å². The number of carboxylic acids is 1. The normalized spacial score (nSPS) is 10.4. The van der Waals surface area contributed by atoms with Gasteiger partial charge in [0.1, 0.15) is 10.2 Å². The van der Waals surface area contributed by atoms with E-state index < -0.39 is 5.97 Å². The van der Waals surface area contributed by atoms with Gasteiger partial charge in [-0.1, -0.05) is 0 Å². The number of carbonyl (C=O) groups is 1. The molecule has 0 bridgehead atoms. The van der Waals surface area contributed by atoms with E-state index in [1.54, 1.807) is 7.05 Å². The fourth-order valence-corrected chi connectivity index (χ4v) is 1.67. The lowest BCUT2D eigenvalue weighted by molar-refractivity contribution is 0.0690. The highest BCUT2D eigenvalue weighted by Gasteiger charge is 2.19. The van der Waals surface area contributed by atoms with Gasteiger partial charge in [0.15, 0.2) is 0 Å². The van der Waals surface area contributed by atoms with E-state index in [1.165, 1.54) is 11.8 Å². The zero-order chi connectivity index (χ0) is 10.0. The Hall–Kier alpha value is -0.880. The van der Waals surface area contributed by atoms with Crippen LogP contribution in [0.3, 0.4) is 0 Å². The molecule has 1 heterocycles. The van der Waals surface area contributed by atoms with Gasteiger partial charge in [0, 0.05) is 14.2 Å². The Morgan fingerprint density at radius 2 is 2.38 bits per heavy atom. The van der Waals surface area contributed by atoms with Gasteiger partial charge in [0.25, 0.3) is 0 Å². The number of aromatic nitrogens is 2. The van der Waals surface area contributed by atoms with Crippen LogP contribution in [0, 0.1) is 0 Å². The maximum Gasteiger partial charge on any atom is 0.340 e. The first-order chi connectivity index (χ1) is 6.07. The van der Waals surface area contributed by atoms with Gasteiger partial charge in [-0.15, -0.1) is 0 Å². The number of methoxy groups -OCH3 is 1. The molecule has 0 saturated carbocycles. The zero-order valence-corrected chi connectivity index (χ0v) is 8.83. The highest BCUT2D eigenvalue weighted by molar-refractivity contribution is 9.10. The molecular formula is C7H9BrN2O3. The van der Waals surface area contributed by atoms with Crippen molar-refractivity contribution in [1.29, 1.82) is 0 Å². The van der Waals surface area contributed by atoms with Gasteiger partial charge < -0.3 is 9.84 Å². The first-order valence-corrected chi connectivity index (χ1v) is 4.30. The maximum absolute atomic E-state index is 10.8. The van der Waals surface area contributed by atoms with Crippen LogP contribution >= 0.6 is 15.9 Å². The van der Waals surface area contributed by atoms with E-state index in [0.717, 1.165) is 0 Å². The summed E-state index contributed by atoms with van der Waals surface area (Å²) in [6.07, 6.45) is 0. The average molecular weight is 249 g/mol. The van der Waals surface area contributed by atoms with E-state index >= 15 is 0 Å². The zero-order valence-electron chi connectivity index (χ0n) is 7.24. The van der Waals surface area contributed by atoms with Crippen molar-refractivity contribution in [2.24, 2.45) is 7.05 Å². The van der Waals surface area contributed by atoms with E-state index in [9.17, 15) is 4.79 Å². The van der Waals surface area contributed by atoms with Crippen molar-refractivity contribution in [2.45, 2.75) is 6.61 Å². The monoisotopic (exact) mass is 248 g/mol. The fourth-order valence-electron chi connectivity index (χ4n) is 1.04. The van der Waals surface area contributed by atoms with Crippen LogP contribution < -0.4 is 0 Å². The van der Waals surface area contributed by atoms with Crippen LogP contribution in [0.2, 0.25) is 0 Å². The second kappa shape index (κ2) is 3.89. The van der Waals surface area contributed by atoms with E-state index in [0.29, 0.717) is 10.3 Å². The van der Waals surface area contributed by atoms with Gasteiger partial charge in [-0.2, -0.15) is 5.10 Å². The molecule has 0 aliphatic rings. The van der Waals surface area contributed by atoms with Gasteiger partial charge in [-0.05, 0) is 15.9 Å². The Labute approximate surface area is 83.4 Å². The summed E-state index contributed by atoms with van der Waals surface area (Å²) in [5.74, 6) is -1.01. The molecule has 0 aliphatic heterocycles. The molecule has 1 aromatic rings. The van der Waals surface area contributed by atoms with Crippen molar-refractivity contribution in [3.05, 3.63) is 15.9 Å². The number of hydrogen-bond acceptors (Lipinski definition) is 3. The Bertz CT molecular complexity index is 335. The summed E-state index contributed by atoms with van der Waals surface area (Å²) >= 11 is 3.07. The minimum Gasteiger partial charge on any atom is -0.478 e. The van der Waals surface area contributed by atoms with Gasteiger partial charge in [0.2, 0.25) is 0 Å². The summed E-state index contributed by atoms with van der Waals surface area (Å²) in [5.41, 5.74) is 0.700. The number of aryl methyl sites for hydroxylation is 1. The lowest BCUT2D eigenvalue weighted by Gasteiger charge is -2.00. The molecular weight excluding hydrogens is 240 g/mol. The number of nitrogens with zero attached hydrogens (tertiary/aromatic N) is 2. The summed E-state index contributed by atoms with van der Waals surface area (Å²) in [6.45, 7) is 0.233. The van der Waals surface area contributed by atoms with Crippen LogP contribution in [-0.4, -0.2) is 28.0 Å². The molecule has 1 N–H and O–H groups in total. The highest BCUT2D eigenvalue weighted by Crippen LogP contribution is 2.19. The molecule has 0 radical (unpaired) electrons. The second-order valence-corrected chi connectivity index (χ2v) is 3.23. The Kier molecular flexibility index (Phi) is 3.05. The van der Waals surface area contributed by atoms with Gasteiger partial charge in [-0.25, -0.2) is 4.79 Å². The predicted octanol–water partition coefficient (Wildman–Crippen LogP) is 1.03. The molecule has 6 heteroatoms. The molecule has 13 heavy (non-hydrogen) atoms. The van der Waals surface area contributed by atoms with Crippen LogP contribution in [0.1, 0.15) is 16.1 Å². The SMILES string of the molecule is COCc1c(C(=O)O)c(Br)nn1C. The first kappa shape index (κ1) is 10.2. The molecule has 5 nitrogen and oxygen atoms in total. The molecule has 72 valence electrons. The molecule has 1 rings (SSSR count). The lowest BCUT2D eigenvalue weighted by Crippen LogP contribution is -2.05. The Morgan fingerprint density at radius 1 is 1.77 bits per heavy atom. The molecule has 0 aliphatic carbocycles. The minimum atomic E-state index is -1.01. The summed E-state index contributed by atoms with van der Waals surface area (Å²) in [5, 5.41) is 12.8. The summed E-state index contributed by atoms with van der Waals surface area (Å²) in [4.78, 5) is 10.8. The van der Waals surface area contributed by atoms with Crippen molar-refractivity contribution in [3.8, 4) is 0 Å². The van der Waals surface area contributed by atoms with Crippen LogP contribution in [0.5, 0.6) is 0 Å². The minimum absolute atomic E-state index is 0.157. The Balaban J connectivity index is 3.20. The number of ether oxygens (including phenoxy) is 1. The van der Waals surface area contributed by atoms with E-state index in [1.807, 2.05) is 0 Å². The third-order valence-electron chi connectivity index (χ3n) is 1.62. The van der Waals surface area contributed by atoms with E-state index in [-0.39, 0.29) is 12.2 Å². The topological polar surface area (TPSA) is 64.3 Å². The predicted molar refractivity (Wildman–Crippen MR) is 48.6 cm³/mol. The van der Waals surface area contributed by atoms with Crippen LogP contribution in [-0.2, 0) is 18.4 Å². The van der Waals surface area contributed by atoms with E-state index in [4.69, 9.17) is 9.84 Å². The molecule has 0 atom stereocenters. The average Bonchev–Trinajstić information content (AvgIpc) is 2.27. The van der Waals surface area contributed by atoms with E-state index in [2.05, 4.69) is 21.0 Å². The number of halogens is 1. The fraction of sp³-hybridized carbons (Fsp3) is 0.429. The number of hydrogen-bond donors (Lipinski definition) is 1. The second-order valence-electron chi connectivity index (χ2n) is 2.47. The van der Waals surface area contributed by atoms with Crippen molar-refractivity contribution in [1.82, 2.24) is 9.78 Å². The van der Waals surface area contributed by atoms with Gasteiger partial charge >= 0.3 is 5.97 Å². The highest BCUT2D eigenvalue weighted by atomic mass is 79.9. The molecule has 0 amide bonds. The van der Waals surface area contributed by atoms with Crippen LogP contribution in [0.25, 0.3) is 0 Å². The van der Waals surface area contributed by atoms with Crippen molar-refractivity contribution < 1.29 is 14.6 Å². The van der Waals surface area contributed by atoms with Crippen LogP contribution in [0.4, 0.5) is 0 Å². The molecule has 0 spiro atoms. The van der Waals surface area contributed by atoms with Crippen molar-refractivity contribution in [3.63, 3.8) is 0 Å². The summed E-state index contributed by atoms with van der Waals surface area (Å²) in [6, 6.07) is 0. The molecule has 0 fully saturated rings. The quantitative estimate of drug-likeness (QED) is 0.868. The Morgan fingerprint density at radius 3 is 2.85 bits per heavy atom. The largest absolute Gasteiger partial charge is 0.478 e. The smallest absolute Gasteiger partial charge is 0.340 e. The number of aromatic carboxylic acids is 1. The first-order valence-electron chi connectivity index (χ1n) is 3.51. The van der Waals surface area contributed by atoms with Gasteiger partial charge in [-0.3, -0.25) is 4.68 Å². The molecule has 0 saturated heterocycles. The molecule has 0 unspecified atom stereocenters. The standard InChI is InChI=1S/C7H9BrN2O3/c1-10-4(3-13-2)5(7(11)12)6(8)9-10/h3H2,1-2H3,(H,11,12). The maximum atomic E-state index is 10.8. The third kappa shape index (κ3) is 1.89. The van der Waals surface area contributed by atoms with Crippen molar-refractivity contribution in [2.75, 3.05) is 7.11 Å². The molecule has 1 aromatic heterocycles. The van der Waals surface area contributed by atoms with Crippen molar-refractivity contribution >= 4 is 21.9 Å². The molecule has 0 aromatic carbocycles. The summed E-state index contributed by atoms with van der Waals surface area (Å²) in [7, 11) is 3.18. The number of carboxylic acid groups (broad SMARTS) is 1. The van der Waals surface area contributed by atoms with Gasteiger partial charge in [0.05, 0.1) is 12.3 Å². The third-order valence-corrected chi connectivity index (χ3v) is 2.17. The summed E-state index contributed by atoms with van der Waals surface area (Å²) < 4.78 is 6.68. The lowest BCUT2D eigenvalue weighted by atomic mass is 10.2.